The summed E-state index contributed by atoms with van der Waals surface area (Å²) in [5.41, 5.74) is 0.885. The molecule has 25 heavy (non-hydrogen) atoms. The molecular weight excluding hydrogens is 318 g/mol. The van der Waals surface area contributed by atoms with Gasteiger partial charge in [-0.05, 0) is 25.7 Å². The Morgan fingerprint density at radius 3 is 2.44 bits per heavy atom. The molecule has 3 heterocycles. The lowest BCUT2D eigenvalue weighted by Crippen LogP contribution is -2.59. The molecule has 3 aliphatic rings. The summed E-state index contributed by atoms with van der Waals surface area (Å²) >= 11 is 0. The number of piperazine rings is 1. The zero-order valence-electron chi connectivity index (χ0n) is 14.9. The maximum absolute atomic E-state index is 13.0. The second-order valence-corrected chi connectivity index (χ2v) is 7.51. The molecule has 136 valence electrons. The maximum Gasteiger partial charge on any atom is 0.244 e. The van der Waals surface area contributed by atoms with E-state index in [9.17, 15) is 9.59 Å². The van der Waals surface area contributed by atoms with Crippen LogP contribution in [0.15, 0.2) is 12.4 Å². The molecule has 0 N–H and O–H groups in total. The van der Waals surface area contributed by atoms with Gasteiger partial charge >= 0.3 is 0 Å². The van der Waals surface area contributed by atoms with Crippen LogP contribution in [0.2, 0.25) is 0 Å². The van der Waals surface area contributed by atoms with Crippen molar-refractivity contribution in [3.63, 3.8) is 0 Å². The fourth-order valence-electron chi connectivity index (χ4n) is 4.17. The predicted molar refractivity (Wildman–Crippen MR) is 94.1 cm³/mol. The number of amides is 2. The lowest BCUT2D eigenvalue weighted by molar-refractivity contribution is -0.140. The van der Waals surface area contributed by atoms with Crippen molar-refractivity contribution < 1.29 is 9.59 Å². The molecule has 0 unspecified atom stereocenters. The van der Waals surface area contributed by atoms with Gasteiger partial charge in [-0.2, -0.15) is 5.10 Å². The third kappa shape index (κ3) is 3.17. The molecule has 1 atom stereocenters. The first-order chi connectivity index (χ1) is 12.1. The second-order valence-electron chi connectivity index (χ2n) is 7.51. The summed E-state index contributed by atoms with van der Waals surface area (Å²) in [5.74, 6) is 0.778. The standard InChI is InChI=1S/C18H27N5O2/c1-20-13-15(12-19-20)23-7-3-6-16(18(23)25)21-8-10-22(11-9-21)17(24)14-4-2-5-14/h12-14,16H,2-11H2,1H3/t16-/m1/s1. The first-order valence-corrected chi connectivity index (χ1v) is 9.46. The normalized spacial score (nSPS) is 26.0. The van der Waals surface area contributed by atoms with E-state index >= 15 is 0 Å². The fraction of sp³-hybridized carbons (Fsp3) is 0.722. The number of hydrogen-bond acceptors (Lipinski definition) is 4. The predicted octanol–water partition coefficient (Wildman–Crippen LogP) is 0.860. The Balaban J connectivity index is 1.37. The average molecular weight is 345 g/mol. The summed E-state index contributed by atoms with van der Waals surface area (Å²) in [4.78, 5) is 31.5. The van der Waals surface area contributed by atoms with Gasteiger partial charge in [0, 0.05) is 51.9 Å². The van der Waals surface area contributed by atoms with Gasteiger partial charge in [0.1, 0.15) is 0 Å². The molecule has 4 rings (SSSR count). The molecule has 2 saturated heterocycles. The molecule has 0 bridgehead atoms. The van der Waals surface area contributed by atoms with Gasteiger partial charge in [-0.25, -0.2) is 0 Å². The molecule has 1 aromatic heterocycles. The molecule has 0 aromatic carbocycles. The molecule has 1 aliphatic carbocycles. The van der Waals surface area contributed by atoms with Crippen LogP contribution in [0.1, 0.15) is 32.1 Å². The largest absolute Gasteiger partial charge is 0.340 e. The number of aromatic nitrogens is 2. The number of aryl methyl sites for hydroxylation is 1. The Morgan fingerprint density at radius 2 is 1.84 bits per heavy atom. The van der Waals surface area contributed by atoms with Gasteiger partial charge in [-0.15, -0.1) is 0 Å². The number of carbonyl (C=O) groups is 2. The summed E-state index contributed by atoms with van der Waals surface area (Å²) in [5, 5.41) is 4.19. The van der Waals surface area contributed by atoms with Gasteiger partial charge < -0.3 is 9.80 Å². The number of carbonyl (C=O) groups excluding carboxylic acids is 2. The van der Waals surface area contributed by atoms with E-state index in [1.807, 2.05) is 23.0 Å². The second kappa shape index (κ2) is 6.78. The van der Waals surface area contributed by atoms with Crippen LogP contribution in [0.3, 0.4) is 0 Å². The van der Waals surface area contributed by atoms with Crippen molar-refractivity contribution in [3.8, 4) is 0 Å². The van der Waals surface area contributed by atoms with Crippen molar-refractivity contribution in [2.75, 3.05) is 37.6 Å². The Morgan fingerprint density at radius 1 is 1.08 bits per heavy atom. The maximum atomic E-state index is 13.0. The highest BCUT2D eigenvalue weighted by molar-refractivity contribution is 5.97. The summed E-state index contributed by atoms with van der Waals surface area (Å²) in [6.45, 7) is 3.88. The minimum Gasteiger partial charge on any atom is -0.340 e. The van der Waals surface area contributed by atoms with E-state index in [0.29, 0.717) is 5.91 Å². The molecule has 0 spiro atoms. The van der Waals surface area contributed by atoms with Crippen LogP contribution in [-0.2, 0) is 16.6 Å². The molecule has 2 amide bonds. The van der Waals surface area contributed by atoms with Crippen LogP contribution < -0.4 is 4.90 Å². The van der Waals surface area contributed by atoms with Crippen LogP contribution in [0.5, 0.6) is 0 Å². The average Bonchev–Trinajstić information content (AvgIpc) is 3.00. The smallest absolute Gasteiger partial charge is 0.244 e. The first kappa shape index (κ1) is 16.6. The van der Waals surface area contributed by atoms with Crippen molar-refractivity contribution in [3.05, 3.63) is 12.4 Å². The summed E-state index contributed by atoms with van der Waals surface area (Å²) in [7, 11) is 1.87. The highest BCUT2D eigenvalue weighted by Crippen LogP contribution is 2.29. The van der Waals surface area contributed by atoms with Gasteiger partial charge in [0.25, 0.3) is 0 Å². The molecule has 3 fully saturated rings. The van der Waals surface area contributed by atoms with E-state index in [4.69, 9.17) is 0 Å². The van der Waals surface area contributed by atoms with Crippen LogP contribution in [-0.4, -0.2) is 70.2 Å². The highest BCUT2D eigenvalue weighted by Gasteiger charge is 2.37. The fourth-order valence-corrected chi connectivity index (χ4v) is 4.17. The zero-order chi connectivity index (χ0) is 17.4. The Bertz CT molecular complexity index is 646. The van der Waals surface area contributed by atoms with Gasteiger partial charge in [0.05, 0.1) is 17.9 Å². The number of piperidine rings is 1. The molecule has 1 saturated carbocycles. The van der Waals surface area contributed by atoms with E-state index in [2.05, 4.69) is 10.00 Å². The summed E-state index contributed by atoms with van der Waals surface area (Å²) in [6, 6.07) is -0.0603. The van der Waals surface area contributed by atoms with Gasteiger partial charge in [0.2, 0.25) is 11.8 Å². The Hall–Kier alpha value is -1.89. The molecule has 7 heteroatoms. The number of rotatable bonds is 3. The molecule has 2 aliphatic heterocycles. The van der Waals surface area contributed by atoms with Gasteiger partial charge in [-0.1, -0.05) is 6.42 Å². The Labute approximate surface area is 148 Å². The highest BCUT2D eigenvalue weighted by atomic mass is 16.2. The molecule has 7 nitrogen and oxygen atoms in total. The number of nitrogens with zero attached hydrogens (tertiary/aromatic N) is 5. The van der Waals surface area contributed by atoms with Crippen LogP contribution in [0, 0.1) is 5.92 Å². The van der Waals surface area contributed by atoms with Crippen molar-refractivity contribution in [1.82, 2.24) is 19.6 Å². The summed E-state index contributed by atoms with van der Waals surface area (Å²) < 4.78 is 1.73. The van der Waals surface area contributed by atoms with E-state index in [1.165, 1.54) is 6.42 Å². The molecule has 1 aromatic rings. The Kier molecular flexibility index (Phi) is 4.50. The number of hydrogen-bond donors (Lipinski definition) is 0. The lowest BCUT2D eigenvalue weighted by atomic mass is 9.84. The van der Waals surface area contributed by atoms with Crippen molar-refractivity contribution in [1.29, 1.82) is 0 Å². The van der Waals surface area contributed by atoms with Crippen molar-refractivity contribution in [2.24, 2.45) is 13.0 Å². The van der Waals surface area contributed by atoms with E-state index in [0.717, 1.165) is 64.1 Å². The molecular formula is C18H27N5O2. The zero-order valence-corrected chi connectivity index (χ0v) is 14.9. The lowest BCUT2D eigenvalue weighted by Gasteiger charge is -2.43. The van der Waals surface area contributed by atoms with Gasteiger partial charge in [-0.3, -0.25) is 19.2 Å². The van der Waals surface area contributed by atoms with E-state index in [1.54, 1.807) is 10.9 Å². The third-order valence-corrected chi connectivity index (χ3v) is 5.93. The minimum absolute atomic E-state index is 0.0603. The van der Waals surface area contributed by atoms with Crippen LogP contribution >= 0.6 is 0 Å². The van der Waals surface area contributed by atoms with Crippen molar-refractivity contribution in [2.45, 2.75) is 38.1 Å². The van der Waals surface area contributed by atoms with Crippen LogP contribution in [0.4, 0.5) is 5.69 Å². The topological polar surface area (TPSA) is 61.7 Å². The SMILES string of the molecule is Cn1cc(N2CCC[C@@H](N3CCN(C(=O)C4CCC4)CC3)C2=O)cn1. The van der Waals surface area contributed by atoms with E-state index < -0.39 is 0 Å². The summed E-state index contributed by atoms with van der Waals surface area (Å²) in [6.07, 6.45) is 8.88. The monoisotopic (exact) mass is 345 g/mol. The van der Waals surface area contributed by atoms with Gasteiger partial charge in [0.15, 0.2) is 0 Å². The molecule has 0 radical (unpaired) electrons. The minimum atomic E-state index is -0.0603. The third-order valence-electron chi connectivity index (χ3n) is 5.93. The first-order valence-electron chi connectivity index (χ1n) is 9.46. The van der Waals surface area contributed by atoms with Crippen molar-refractivity contribution >= 4 is 17.5 Å². The number of anilines is 1. The quantitative estimate of drug-likeness (QED) is 0.815. The van der Waals surface area contributed by atoms with E-state index in [-0.39, 0.29) is 17.9 Å². The van der Waals surface area contributed by atoms with Crippen LogP contribution in [0.25, 0.3) is 0 Å².